The number of ether oxygens (including phenoxy) is 1. The van der Waals surface area contributed by atoms with Gasteiger partial charge in [0.1, 0.15) is 23.7 Å². The second kappa shape index (κ2) is 8.20. The van der Waals surface area contributed by atoms with Crippen LogP contribution in [0.2, 0.25) is 0 Å². The second-order valence-corrected chi connectivity index (χ2v) is 6.85. The molecule has 0 aliphatic carbocycles. The minimum Gasteiger partial charge on any atom is -0.486 e. The van der Waals surface area contributed by atoms with Crippen LogP contribution in [-0.4, -0.2) is 11.1 Å². The topological polar surface area (TPSA) is 85.7 Å². The number of para-hydroxylation sites is 1. The first-order chi connectivity index (χ1) is 14.1. The molecule has 0 fully saturated rings. The number of hydrogen-bond donors (Lipinski definition) is 2. The van der Waals surface area contributed by atoms with E-state index in [0.717, 1.165) is 27.7 Å². The van der Waals surface area contributed by atoms with Gasteiger partial charge < -0.3 is 20.0 Å². The molecular formula is C24H21NO4. The van der Waals surface area contributed by atoms with E-state index in [1.165, 1.54) is 0 Å². The fourth-order valence-electron chi connectivity index (χ4n) is 3.36. The minimum absolute atomic E-state index is 0.0347. The number of aliphatic carboxylic acids is 1. The van der Waals surface area contributed by atoms with E-state index in [1.54, 1.807) is 24.3 Å². The highest BCUT2D eigenvalue weighted by atomic mass is 16.5. The van der Waals surface area contributed by atoms with Gasteiger partial charge in [-0.2, -0.15) is 0 Å². The Morgan fingerprint density at radius 2 is 1.76 bits per heavy atom. The van der Waals surface area contributed by atoms with Crippen LogP contribution in [-0.2, 0) is 24.4 Å². The van der Waals surface area contributed by atoms with Crippen LogP contribution in [0.5, 0.6) is 5.75 Å². The van der Waals surface area contributed by atoms with Crippen LogP contribution in [0.25, 0.3) is 22.1 Å². The van der Waals surface area contributed by atoms with Gasteiger partial charge in [-0.3, -0.25) is 4.79 Å². The number of furan rings is 1. The molecule has 0 amide bonds. The molecule has 0 radical (unpaired) electrons. The molecule has 0 saturated heterocycles. The maximum Gasteiger partial charge on any atom is 0.307 e. The predicted molar refractivity (Wildman–Crippen MR) is 112 cm³/mol. The summed E-state index contributed by atoms with van der Waals surface area (Å²) in [5.74, 6) is 0.441. The first kappa shape index (κ1) is 18.8. The fraction of sp³-hybridized carbons (Fsp3) is 0.125. The predicted octanol–water partition coefficient (Wildman–Crippen LogP) is 4.76. The van der Waals surface area contributed by atoms with Crippen molar-refractivity contribution in [2.45, 2.75) is 19.6 Å². The maximum absolute atomic E-state index is 10.9. The van der Waals surface area contributed by atoms with Gasteiger partial charge in [0.2, 0.25) is 0 Å². The van der Waals surface area contributed by atoms with E-state index in [2.05, 4.69) is 6.07 Å². The largest absolute Gasteiger partial charge is 0.486 e. The van der Waals surface area contributed by atoms with Crippen molar-refractivity contribution in [3.63, 3.8) is 0 Å². The van der Waals surface area contributed by atoms with Gasteiger partial charge in [-0.1, -0.05) is 48.5 Å². The van der Waals surface area contributed by atoms with Gasteiger partial charge in [0.05, 0.1) is 6.42 Å². The number of hydrogen-bond acceptors (Lipinski definition) is 4. The molecule has 0 aliphatic heterocycles. The van der Waals surface area contributed by atoms with Crippen LogP contribution in [0, 0.1) is 0 Å². The van der Waals surface area contributed by atoms with Gasteiger partial charge >= 0.3 is 5.97 Å². The van der Waals surface area contributed by atoms with E-state index in [0.29, 0.717) is 23.6 Å². The second-order valence-electron chi connectivity index (χ2n) is 6.85. The zero-order chi connectivity index (χ0) is 20.2. The van der Waals surface area contributed by atoms with Gasteiger partial charge in [0, 0.05) is 17.5 Å². The van der Waals surface area contributed by atoms with Crippen molar-refractivity contribution in [3.05, 3.63) is 89.7 Å². The minimum atomic E-state index is -0.870. The highest BCUT2D eigenvalue weighted by molar-refractivity contribution is 5.92. The first-order valence-corrected chi connectivity index (χ1v) is 9.37. The van der Waals surface area contributed by atoms with E-state index < -0.39 is 5.97 Å². The Morgan fingerprint density at radius 1 is 0.966 bits per heavy atom. The molecule has 5 nitrogen and oxygen atoms in total. The SMILES string of the molecule is NCc1cccc(-c2cccc3cc(COc4cccc(CC(=O)O)c4)oc23)c1. The lowest BCUT2D eigenvalue weighted by Crippen LogP contribution is -2.00. The standard InChI is InChI=1S/C24H21NO4/c25-14-17-5-1-6-18(10-17)22-9-3-7-19-13-21(29-24(19)22)15-28-20-8-2-4-16(11-20)12-23(26)27/h1-11,13H,12,14-15,25H2,(H,26,27). The van der Waals surface area contributed by atoms with Crippen LogP contribution in [0.4, 0.5) is 0 Å². The molecule has 0 aliphatic rings. The Labute approximate surface area is 168 Å². The van der Waals surface area contributed by atoms with Crippen LogP contribution >= 0.6 is 0 Å². The van der Waals surface area contributed by atoms with Crippen LogP contribution < -0.4 is 10.5 Å². The Balaban J connectivity index is 1.57. The van der Waals surface area contributed by atoms with Crippen LogP contribution in [0.15, 0.2) is 77.2 Å². The third-order valence-electron chi connectivity index (χ3n) is 4.70. The number of nitrogens with two attached hydrogens (primary N) is 1. The molecule has 4 aromatic rings. The van der Waals surface area contributed by atoms with E-state index in [-0.39, 0.29) is 13.0 Å². The summed E-state index contributed by atoms with van der Waals surface area (Å²) in [6.07, 6.45) is -0.0347. The molecule has 3 N–H and O–H groups in total. The molecule has 0 atom stereocenters. The average Bonchev–Trinajstić information content (AvgIpc) is 3.15. The monoisotopic (exact) mass is 387 g/mol. The lowest BCUT2D eigenvalue weighted by molar-refractivity contribution is -0.136. The van der Waals surface area contributed by atoms with Gasteiger partial charge in [-0.15, -0.1) is 0 Å². The maximum atomic E-state index is 10.9. The molecule has 1 aromatic heterocycles. The first-order valence-electron chi connectivity index (χ1n) is 9.37. The number of rotatable bonds is 7. The van der Waals surface area contributed by atoms with Crippen molar-refractivity contribution in [2.24, 2.45) is 5.73 Å². The van der Waals surface area contributed by atoms with Crippen molar-refractivity contribution >= 4 is 16.9 Å². The Hall–Kier alpha value is -3.57. The number of benzene rings is 3. The lowest BCUT2D eigenvalue weighted by Gasteiger charge is -2.06. The van der Waals surface area contributed by atoms with Crippen molar-refractivity contribution in [1.82, 2.24) is 0 Å². The van der Waals surface area contributed by atoms with Crippen LogP contribution in [0.3, 0.4) is 0 Å². The van der Waals surface area contributed by atoms with E-state index in [1.807, 2.05) is 42.5 Å². The summed E-state index contributed by atoms with van der Waals surface area (Å²) in [5, 5.41) is 9.94. The number of fused-ring (bicyclic) bond motifs is 1. The number of carboxylic acids is 1. The van der Waals surface area contributed by atoms with Gasteiger partial charge in [-0.05, 0) is 41.0 Å². The summed E-state index contributed by atoms with van der Waals surface area (Å²) in [6.45, 7) is 0.746. The Morgan fingerprint density at radius 3 is 2.59 bits per heavy atom. The van der Waals surface area contributed by atoms with E-state index >= 15 is 0 Å². The third-order valence-corrected chi connectivity index (χ3v) is 4.70. The summed E-state index contributed by atoms with van der Waals surface area (Å²) in [4.78, 5) is 10.9. The number of carboxylic acid groups (broad SMARTS) is 1. The van der Waals surface area contributed by atoms with Crippen molar-refractivity contribution < 1.29 is 19.1 Å². The smallest absolute Gasteiger partial charge is 0.307 e. The lowest BCUT2D eigenvalue weighted by atomic mass is 10.0. The zero-order valence-corrected chi connectivity index (χ0v) is 15.8. The van der Waals surface area contributed by atoms with Gasteiger partial charge in [0.15, 0.2) is 0 Å². The number of carbonyl (C=O) groups is 1. The molecule has 1 heterocycles. The van der Waals surface area contributed by atoms with Crippen molar-refractivity contribution in [2.75, 3.05) is 0 Å². The van der Waals surface area contributed by atoms with Crippen LogP contribution in [0.1, 0.15) is 16.9 Å². The molecule has 3 aromatic carbocycles. The summed E-state index contributed by atoms with van der Waals surface area (Å²) >= 11 is 0. The third kappa shape index (κ3) is 4.31. The van der Waals surface area contributed by atoms with Gasteiger partial charge in [-0.25, -0.2) is 0 Å². The molecule has 0 unspecified atom stereocenters. The zero-order valence-electron chi connectivity index (χ0n) is 15.8. The van der Waals surface area contributed by atoms with Crippen molar-refractivity contribution in [1.29, 1.82) is 0 Å². The summed E-state index contributed by atoms with van der Waals surface area (Å²) in [7, 11) is 0. The summed E-state index contributed by atoms with van der Waals surface area (Å²) in [5.41, 5.74) is 10.4. The molecule has 0 saturated carbocycles. The molecular weight excluding hydrogens is 366 g/mol. The molecule has 146 valence electrons. The highest BCUT2D eigenvalue weighted by Gasteiger charge is 2.11. The summed E-state index contributed by atoms with van der Waals surface area (Å²) < 4.78 is 11.9. The Bertz CT molecular complexity index is 1160. The molecule has 0 bridgehead atoms. The summed E-state index contributed by atoms with van der Waals surface area (Å²) in [6, 6.07) is 23.2. The Kier molecular flexibility index (Phi) is 5.31. The fourth-order valence-corrected chi connectivity index (χ4v) is 3.36. The highest BCUT2D eigenvalue weighted by Crippen LogP contribution is 2.32. The van der Waals surface area contributed by atoms with E-state index in [4.69, 9.17) is 20.0 Å². The molecule has 4 rings (SSSR count). The normalized spacial score (nSPS) is 10.9. The molecule has 29 heavy (non-hydrogen) atoms. The van der Waals surface area contributed by atoms with E-state index in [9.17, 15) is 4.79 Å². The molecule has 5 heteroatoms. The van der Waals surface area contributed by atoms with Gasteiger partial charge in [0.25, 0.3) is 0 Å². The quantitative estimate of drug-likeness (QED) is 0.477. The molecule has 0 spiro atoms. The van der Waals surface area contributed by atoms with Crippen molar-refractivity contribution in [3.8, 4) is 16.9 Å². The average molecular weight is 387 g/mol.